The molecule has 0 aliphatic carbocycles. The minimum Gasteiger partial charge on any atom is -0.338 e. The summed E-state index contributed by atoms with van der Waals surface area (Å²) in [4.78, 5) is 13.7. The molecule has 1 aliphatic rings. The van der Waals surface area contributed by atoms with Crippen LogP contribution in [0.4, 0.5) is 4.39 Å². The predicted octanol–water partition coefficient (Wildman–Crippen LogP) is 1.59. The Hall–Kier alpha value is -1.47. The molecule has 1 fully saturated rings. The van der Waals surface area contributed by atoms with Crippen LogP contribution in [0.2, 0.25) is 0 Å². The van der Waals surface area contributed by atoms with Gasteiger partial charge in [-0.3, -0.25) is 4.79 Å². The molecule has 1 aromatic rings. The van der Waals surface area contributed by atoms with Crippen LogP contribution in [0.1, 0.15) is 30.6 Å². The van der Waals surface area contributed by atoms with Gasteiger partial charge in [0.05, 0.1) is 10.5 Å². The van der Waals surface area contributed by atoms with E-state index in [1.165, 1.54) is 0 Å². The summed E-state index contributed by atoms with van der Waals surface area (Å²) in [6.45, 7) is 5.21. The molecule has 1 aromatic carbocycles. The van der Waals surface area contributed by atoms with Crippen LogP contribution in [0.3, 0.4) is 0 Å². The summed E-state index contributed by atoms with van der Waals surface area (Å²) in [6, 6.07) is 2.95. The summed E-state index contributed by atoms with van der Waals surface area (Å²) >= 11 is 0. The van der Waals surface area contributed by atoms with E-state index in [9.17, 15) is 17.6 Å². The molecule has 2 atom stereocenters. The van der Waals surface area contributed by atoms with Crippen molar-refractivity contribution in [3.8, 4) is 0 Å². The molecule has 7 heteroatoms. The number of carbonyl (C=O) groups excluding carboxylic acids is 1. The number of halogens is 1. The molecular formula is C14H19FN2O3S. The van der Waals surface area contributed by atoms with Crippen molar-refractivity contribution in [3.63, 3.8) is 0 Å². The largest absolute Gasteiger partial charge is 0.338 e. The Morgan fingerprint density at radius 2 is 2.00 bits per heavy atom. The predicted molar refractivity (Wildman–Crippen MR) is 76.6 cm³/mol. The van der Waals surface area contributed by atoms with Crippen LogP contribution in [0, 0.1) is 17.7 Å². The molecule has 0 radical (unpaired) electrons. The number of piperidine rings is 1. The summed E-state index contributed by atoms with van der Waals surface area (Å²) in [6.07, 6.45) is 0.840. The van der Waals surface area contributed by atoms with Gasteiger partial charge in [0.25, 0.3) is 5.91 Å². The van der Waals surface area contributed by atoms with Crippen molar-refractivity contribution in [1.29, 1.82) is 0 Å². The number of likely N-dealkylation sites (tertiary alicyclic amines) is 1. The van der Waals surface area contributed by atoms with E-state index in [0.29, 0.717) is 24.9 Å². The molecule has 1 amide bonds. The van der Waals surface area contributed by atoms with Gasteiger partial charge in [-0.25, -0.2) is 17.9 Å². The first-order valence-corrected chi connectivity index (χ1v) is 8.36. The van der Waals surface area contributed by atoms with Crippen LogP contribution in [-0.4, -0.2) is 32.3 Å². The van der Waals surface area contributed by atoms with Crippen molar-refractivity contribution in [3.05, 3.63) is 29.6 Å². The Morgan fingerprint density at radius 3 is 2.57 bits per heavy atom. The van der Waals surface area contributed by atoms with E-state index in [1.54, 1.807) is 4.90 Å². The van der Waals surface area contributed by atoms with Crippen LogP contribution in [-0.2, 0) is 10.0 Å². The maximum absolute atomic E-state index is 13.4. The first kappa shape index (κ1) is 15.9. The van der Waals surface area contributed by atoms with Gasteiger partial charge in [-0.2, -0.15) is 0 Å². The molecule has 0 aromatic heterocycles. The fraction of sp³-hybridized carbons (Fsp3) is 0.500. The minimum atomic E-state index is -4.07. The van der Waals surface area contributed by atoms with Gasteiger partial charge in [-0.15, -0.1) is 0 Å². The Morgan fingerprint density at radius 1 is 1.33 bits per heavy atom. The SMILES string of the molecule is CC1CCN(C(=O)c2cc(F)ccc2S(N)(=O)=O)CC1C. The Kier molecular flexibility index (Phi) is 4.34. The second kappa shape index (κ2) is 5.73. The number of nitrogens with zero attached hydrogens (tertiary/aromatic N) is 1. The summed E-state index contributed by atoms with van der Waals surface area (Å²) in [5, 5.41) is 5.10. The molecule has 2 unspecified atom stereocenters. The molecule has 116 valence electrons. The average molecular weight is 314 g/mol. The van der Waals surface area contributed by atoms with Crippen LogP contribution >= 0.6 is 0 Å². The fourth-order valence-electron chi connectivity index (χ4n) is 2.54. The monoisotopic (exact) mass is 314 g/mol. The smallest absolute Gasteiger partial charge is 0.255 e. The molecule has 2 rings (SSSR count). The zero-order valence-electron chi connectivity index (χ0n) is 12.0. The summed E-state index contributed by atoms with van der Waals surface area (Å²) in [5.74, 6) is -0.338. The van der Waals surface area contributed by atoms with Crippen molar-refractivity contribution in [2.75, 3.05) is 13.1 Å². The van der Waals surface area contributed by atoms with E-state index in [2.05, 4.69) is 6.92 Å². The number of nitrogens with two attached hydrogens (primary N) is 1. The molecule has 0 saturated carbocycles. The van der Waals surface area contributed by atoms with Gasteiger partial charge >= 0.3 is 0 Å². The number of amides is 1. The first-order valence-electron chi connectivity index (χ1n) is 6.81. The van der Waals surface area contributed by atoms with Crippen molar-refractivity contribution >= 4 is 15.9 Å². The Labute approximate surface area is 124 Å². The quantitative estimate of drug-likeness (QED) is 0.900. The standard InChI is InChI=1S/C14H19FN2O3S/c1-9-5-6-17(8-10(9)2)14(18)12-7-11(15)3-4-13(12)21(16,19)20/h3-4,7,9-10H,5-6,8H2,1-2H3,(H2,16,19,20). The van der Waals surface area contributed by atoms with Gasteiger partial charge in [-0.05, 0) is 36.5 Å². The number of carbonyl (C=O) groups is 1. The molecule has 0 spiro atoms. The maximum atomic E-state index is 13.4. The molecule has 1 aliphatic heterocycles. The third-order valence-corrected chi connectivity index (χ3v) is 5.07. The number of hydrogen-bond acceptors (Lipinski definition) is 3. The summed E-state index contributed by atoms with van der Waals surface area (Å²) < 4.78 is 36.5. The number of hydrogen-bond donors (Lipinski definition) is 1. The average Bonchev–Trinajstić information content (AvgIpc) is 2.39. The van der Waals surface area contributed by atoms with Gasteiger partial charge in [0.2, 0.25) is 10.0 Å². The van der Waals surface area contributed by atoms with E-state index in [0.717, 1.165) is 24.6 Å². The number of sulfonamides is 1. The number of rotatable bonds is 2. The summed E-state index contributed by atoms with van der Waals surface area (Å²) in [5.41, 5.74) is -0.195. The Balaban J connectivity index is 2.37. The van der Waals surface area contributed by atoms with E-state index in [1.807, 2.05) is 6.92 Å². The normalized spacial score (nSPS) is 23.1. The number of primary sulfonamides is 1. The third-order valence-electron chi connectivity index (χ3n) is 4.10. The summed E-state index contributed by atoms with van der Waals surface area (Å²) in [7, 11) is -4.07. The van der Waals surface area contributed by atoms with E-state index < -0.39 is 21.7 Å². The van der Waals surface area contributed by atoms with Gasteiger partial charge in [0.15, 0.2) is 0 Å². The highest BCUT2D eigenvalue weighted by Gasteiger charge is 2.29. The van der Waals surface area contributed by atoms with Crippen LogP contribution in [0.25, 0.3) is 0 Å². The van der Waals surface area contributed by atoms with Crippen molar-refractivity contribution in [1.82, 2.24) is 4.90 Å². The lowest BCUT2D eigenvalue weighted by molar-refractivity contribution is 0.0623. The molecule has 1 heterocycles. The lowest BCUT2D eigenvalue weighted by atomic mass is 9.88. The van der Waals surface area contributed by atoms with Crippen LogP contribution in [0.15, 0.2) is 23.1 Å². The van der Waals surface area contributed by atoms with Crippen LogP contribution < -0.4 is 5.14 Å². The zero-order valence-corrected chi connectivity index (χ0v) is 12.9. The van der Waals surface area contributed by atoms with Gasteiger partial charge in [-0.1, -0.05) is 13.8 Å². The second-order valence-electron chi connectivity index (χ2n) is 5.68. The topological polar surface area (TPSA) is 80.5 Å². The van der Waals surface area contributed by atoms with Crippen molar-refractivity contribution in [2.45, 2.75) is 25.2 Å². The lowest BCUT2D eigenvalue weighted by Crippen LogP contribution is -2.42. The first-order chi connectivity index (χ1) is 9.70. The molecule has 1 saturated heterocycles. The molecular weight excluding hydrogens is 295 g/mol. The van der Waals surface area contributed by atoms with E-state index >= 15 is 0 Å². The molecule has 5 nitrogen and oxygen atoms in total. The molecule has 0 bridgehead atoms. The maximum Gasteiger partial charge on any atom is 0.255 e. The fourth-order valence-corrected chi connectivity index (χ4v) is 3.25. The van der Waals surface area contributed by atoms with Gasteiger partial charge in [0.1, 0.15) is 5.82 Å². The van der Waals surface area contributed by atoms with Gasteiger partial charge in [0, 0.05) is 13.1 Å². The Bertz CT molecular complexity index is 660. The minimum absolute atomic E-state index is 0.195. The van der Waals surface area contributed by atoms with E-state index in [4.69, 9.17) is 5.14 Å². The highest BCUT2D eigenvalue weighted by molar-refractivity contribution is 7.89. The van der Waals surface area contributed by atoms with Crippen LogP contribution in [0.5, 0.6) is 0 Å². The molecule has 2 N–H and O–H groups in total. The lowest BCUT2D eigenvalue weighted by Gasteiger charge is -2.35. The van der Waals surface area contributed by atoms with Crippen molar-refractivity contribution in [2.24, 2.45) is 17.0 Å². The highest BCUT2D eigenvalue weighted by Crippen LogP contribution is 2.25. The zero-order chi connectivity index (χ0) is 15.8. The van der Waals surface area contributed by atoms with E-state index in [-0.39, 0.29) is 10.5 Å². The number of benzene rings is 1. The third kappa shape index (κ3) is 3.41. The van der Waals surface area contributed by atoms with Crippen molar-refractivity contribution < 1.29 is 17.6 Å². The second-order valence-corrected chi connectivity index (χ2v) is 7.21. The molecule has 21 heavy (non-hydrogen) atoms. The highest BCUT2D eigenvalue weighted by atomic mass is 32.2. The van der Waals surface area contributed by atoms with Gasteiger partial charge < -0.3 is 4.90 Å².